The Hall–Kier alpha value is -1.10. The molecular formula is C13H17ClN4. The van der Waals surface area contributed by atoms with E-state index in [1.54, 1.807) is 0 Å². The van der Waals surface area contributed by atoms with Gasteiger partial charge in [-0.25, -0.2) is 0 Å². The lowest BCUT2D eigenvalue weighted by Crippen LogP contribution is -2.20. The standard InChI is InChI=1S/C13H17ClN4/c1-18-7-8(6-15)4-12(18)9-2-3-10-11(5-9)16-17-13(10)14/h2-3,5,8,12H,4,6-7,15H2,1H3,(H,16,17). The molecule has 18 heavy (non-hydrogen) atoms. The van der Waals surface area contributed by atoms with Crippen LogP contribution in [0, 0.1) is 5.92 Å². The van der Waals surface area contributed by atoms with Crippen molar-refractivity contribution in [2.24, 2.45) is 11.7 Å². The number of hydrogen-bond acceptors (Lipinski definition) is 3. The van der Waals surface area contributed by atoms with Gasteiger partial charge in [0, 0.05) is 18.0 Å². The lowest BCUT2D eigenvalue weighted by atomic mass is 9.99. The minimum absolute atomic E-state index is 0.443. The molecule has 1 aliphatic heterocycles. The molecule has 2 unspecified atom stereocenters. The van der Waals surface area contributed by atoms with E-state index in [9.17, 15) is 0 Å². The number of aromatic nitrogens is 2. The van der Waals surface area contributed by atoms with Crippen molar-refractivity contribution in [3.05, 3.63) is 28.9 Å². The number of fused-ring (bicyclic) bond motifs is 1. The van der Waals surface area contributed by atoms with Crippen molar-refractivity contribution in [3.63, 3.8) is 0 Å². The number of aromatic amines is 1. The second-order valence-corrected chi connectivity index (χ2v) is 5.48. The molecule has 0 radical (unpaired) electrons. The Labute approximate surface area is 111 Å². The number of nitrogens with one attached hydrogen (secondary N) is 1. The van der Waals surface area contributed by atoms with Crippen molar-refractivity contribution < 1.29 is 0 Å². The predicted molar refractivity (Wildman–Crippen MR) is 73.6 cm³/mol. The average molecular weight is 265 g/mol. The molecule has 0 bridgehead atoms. The highest BCUT2D eigenvalue weighted by molar-refractivity contribution is 6.34. The third-order valence-electron chi connectivity index (χ3n) is 3.89. The highest BCUT2D eigenvalue weighted by atomic mass is 35.5. The molecule has 1 aromatic heterocycles. The molecule has 2 heterocycles. The van der Waals surface area contributed by atoms with Crippen LogP contribution >= 0.6 is 11.6 Å². The van der Waals surface area contributed by atoms with Crippen molar-refractivity contribution in [2.75, 3.05) is 20.1 Å². The fraction of sp³-hybridized carbons (Fsp3) is 0.462. The second-order valence-electron chi connectivity index (χ2n) is 5.11. The first-order chi connectivity index (χ1) is 8.69. The van der Waals surface area contributed by atoms with Crippen LogP contribution < -0.4 is 5.73 Å². The molecule has 5 heteroatoms. The molecule has 3 N–H and O–H groups in total. The van der Waals surface area contributed by atoms with E-state index in [0.717, 1.165) is 30.4 Å². The van der Waals surface area contributed by atoms with Gasteiger partial charge in [-0.2, -0.15) is 5.10 Å². The van der Waals surface area contributed by atoms with Crippen LogP contribution in [0.15, 0.2) is 18.2 Å². The van der Waals surface area contributed by atoms with E-state index in [1.807, 2.05) is 6.07 Å². The van der Waals surface area contributed by atoms with Crippen LogP contribution in [0.4, 0.5) is 0 Å². The molecule has 1 aromatic carbocycles. The summed E-state index contributed by atoms with van der Waals surface area (Å²) in [7, 11) is 2.15. The first-order valence-corrected chi connectivity index (χ1v) is 6.60. The van der Waals surface area contributed by atoms with Gasteiger partial charge in [-0.15, -0.1) is 0 Å². The van der Waals surface area contributed by atoms with E-state index < -0.39 is 0 Å². The molecule has 1 saturated heterocycles. The fourth-order valence-corrected chi connectivity index (χ4v) is 3.07. The van der Waals surface area contributed by atoms with Crippen molar-refractivity contribution in [3.8, 4) is 0 Å². The monoisotopic (exact) mass is 264 g/mol. The molecule has 4 nitrogen and oxygen atoms in total. The topological polar surface area (TPSA) is 57.9 Å². The zero-order valence-electron chi connectivity index (χ0n) is 10.4. The molecule has 0 amide bonds. The lowest BCUT2D eigenvalue weighted by molar-refractivity contribution is 0.314. The minimum Gasteiger partial charge on any atom is -0.330 e. The Balaban J connectivity index is 1.94. The van der Waals surface area contributed by atoms with Crippen LogP contribution in [-0.2, 0) is 0 Å². The Morgan fingerprint density at radius 3 is 3.11 bits per heavy atom. The molecule has 96 valence electrons. The SMILES string of the molecule is CN1CC(CN)CC1c1ccc2c(Cl)[nH]nc2c1. The number of hydrogen-bond donors (Lipinski definition) is 2. The Morgan fingerprint density at radius 2 is 2.39 bits per heavy atom. The van der Waals surface area contributed by atoms with E-state index in [4.69, 9.17) is 17.3 Å². The highest BCUT2D eigenvalue weighted by Crippen LogP contribution is 2.35. The molecule has 1 aliphatic rings. The summed E-state index contributed by atoms with van der Waals surface area (Å²) in [4.78, 5) is 2.37. The van der Waals surface area contributed by atoms with Gasteiger partial charge in [0.1, 0.15) is 5.15 Å². The van der Waals surface area contributed by atoms with Crippen LogP contribution in [0.3, 0.4) is 0 Å². The van der Waals surface area contributed by atoms with Crippen LogP contribution in [0.2, 0.25) is 5.15 Å². The Kier molecular flexibility index (Phi) is 3.01. The number of likely N-dealkylation sites (tertiary alicyclic amines) is 1. The summed E-state index contributed by atoms with van der Waals surface area (Å²) >= 11 is 6.01. The largest absolute Gasteiger partial charge is 0.330 e. The summed E-state index contributed by atoms with van der Waals surface area (Å²) in [5.41, 5.74) is 8.00. The highest BCUT2D eigenvalue weighted by Gasteiger charge is 2.29. The molecule has 2 aromatic rings. The van der Waals surface area contributed by atoms with Crippen molar-refractivity contribution in [1.82, 2.24) is 15.1 Å². The molecular weight excluding hydrogens is 248 g/mol. The molecule has 0 saturated carbocycles. The number of benzene rings is 1. The molecule has 3 rings (SSSR count). The van der Waals surface area contributed by atoms with Crippen molar-refractivity contribution >= 4 is 22.5 Å². The smallest absolute Gasteiger partial charge is 0.132 e. The second kappa shape index (κ2) is 4.53. The maximum Gasteiger partial charge on any atom is 0.132 e. The van der Waals surface area contributed by atoms with Gasteiger partial charge in [0.25, 0.3) is 0 Å². The van der Waals surface area contributed by atoms with Gasteiger partial charge in [0.05, 0.1) is 5.52 Å². The zero-order chi connectivity index (χ0) is 12.7. The van der Waals surface area contributed by atoms with Gasteiger partial charge >= 0.3 is 0 Å². The van der Waals surface area contributed by atoms with E-state index >= 15 is 0 Å². The number of nitrogens with zero attached hydrogens (tertiary/aromatic N) is 2. The van der Waals surface area contributed by atoms with Gasteiger partial charge in [-0.05, 0) is 43.6 Å². The number of halogens is 1. The summed E-state index contributed by atoms with van der Waals surface area (Å²) in [6, 6.07) is 6.75. The first kappa shape index (κ1) is 12.0. The van der Waals surface area contributed by atoms with Crippen LogP contribution in [0.25, 0.3) is 10.9 Å². The Morgan fingerprint density at radius 1 is 1.56 bits per heavy atom. The number of rotatable bonds is 2. The van der Waals surface area contributed by atoms with Gasteiger partial charge < -0.3 is 5.73 Å². The third kappa shape index (κ3) is 1.90. The summed E-state index contributed by atoms with van der Waals surface area (Å²) in [5, 5.41) is 8.61. The third-order valence-corrected chi connectivity index (χ3v) is 4.17. The number of nitrogens with two attached hydrogens (primary N) is 1. The van der Waals surface area contributed by atoms with Gasteiger partial charge in [0.15, 0.2) is 0 Å². The molecule has 0 aliphatic carbocycles. The number of H-pyrrole nitrogens is 1. The van der Waals surface area contributed by atoms with Gasteiger partial charge in [-0.1, -0.05) is 17.7 Å². The van der Waals surface area contributed by atoms with Gasteiger partial charge in [-0.3, -0.25) is 10.00 Å². The fourth-order valence-electron chi connectivity index (χ4n) is 2.87. The van der Waals surface area contributed by atoms with Crippen molar-refractivity contribution in [2.45, 2.75) is 12.5 Å². The predicted octanol–water partition coefficient (Wildman–Crippen LogP) is 2.17. The van der Waals surface area contributed by atoms with Crippen LogP contribution in [-0.4, -0.2) is 35.2 Å². The van der Waals surface area contributed by atoms with E-state index in [0.29, 0.717) is 17.1 Å². The average Bonchev–Trinajstić information content (AvgIpc) is 2.93. The first-order valence-electron chi connectivity index (χ1n) is 6.23. The van der Waals surface area contributed by atoms with Crippen LogP contribution in [0.1, 0.15) is 18.0 Å². The van der Waals surface area contributed by atoms with Crippen molar-refractivity contribution in [1.29, 1.82) is 0 Å². The summed E-state index contributed by atoms with van der Waals surface area (Å²) in [6.45, 7) is 1.83. The van der Waals surface area contributed by atoms with E-state index in [2.05, 4.69) is 34.3 Å². The minimum atomic E-state index is 0.443. The maximum atomic E-state index is 6.01. The molecule has 1 fully saturated rings. The van der Waals surface area contributed by atoms with E-state index in [-0.39, 0.29) is 0 Å². The normalized spacial score (nSPS) is 25.1. The van der Waals surface area contributed by atoms with Gasteiger partial charge in [0.2, 0.25) is 0 Å². The van der Waals surface area contributed by atoms with E-state index in [1.165, 1.54) is 5.56 Å². The molecule has 0 spiro atoms. The summed E-state index contributed by atoms with van der Waals surface area (Å²) in [6.07, 6.45) is 1.12. The quantitative estimate of drug-likeness (QED) is 0.874. The molecule has 2 atom stereocenters. The Bertz CT molecular complexity index is 565. The summed E-state index contributed by atoms with van der Waals surface area (Å²) in [5.74, 6) is 0.596. The van der Waals surface area contributed by atoms with Crippen LogP contribution in [0.5, 0.6) is 0 Å². The maximum absolute atomic E-state index is 6.01. The summed E-state index contributed by atoms with van der Waals surface area (Å²) < 4.78 is 0. The lowest BCUT2D eigenvalue weighted by Gasteiger charge is -2.19. The zero-order valence-corrected chi connectivity index (χ0v) is 11.1.